The summed E-state index contributed by atoms with van der Waals surface area (Å²) in [5, 5.41) is 2.47. The van der Waals surface area contributed by atoms with Crippen LogP contribution < -0.4 is 11.1 Å². The standard InChI is InChI=1S/C18H28N4O4S/c1-12(2)16(20-18(19)24)17(23)21-7-9-22(10-8-21)27(25,26)15-6-5-13(3)11-14(15)4/h5-6,11-12,16H,7-10H2,1-4H3,(H3,19,20,24). The lowest BCUT2D eigenvalue weighted by Crippen LogP contribution is -2.57. The Hall–Kier alpha value is -2.13. The van der Waals surface area contributed by atoms with Crippen molar-refractivity contribution < 1.29 is 18.0 Å². The molecular weight excluding hydrogens is 368 g/mol. The number of benzene rings is 1. The van der Waals surface area contributed by atoms with Crippen LogP contribution in [0.5, 0.6) is 0 Å². The highest BCUT2D eigenvalue weighted by Crippen LogP contribution is 2.22. The van der Waals surface area contributed by atoms with Gasteiger partial charge in [-0.15, -0.1) is 0 Å². The molecule has 0 aliphatic carbocycles. The van der Waals surface area contributed by atoms with Crippen molar-refractivity contribution in [2.75, 3.05) is 26.2 Å². The normalized spacial score (nSPS) is 17.0. The molecule has 0 bridgehead atoms. The van der Waals surface area contributed by atoms with E-state index >= 15 is 0 Å². The van der Waals surface area contributed by atoms with Gasteiger partial charge in [0.2, 0.25) is 15.9 Å². The molecule has 150 valence electrons. The van der Waals surface area contributed by atoms with Crippen molar-refractivity contribution in [3.05, 3.63) is 29.3 Å². The summed E-state index contributed by atoms with van der Waals surface area (Å²) in [6.45, 7) is 8.30. The van der Waals surface area contributed by atoms with Gasteiger partial charge in [0.05, 0.1) is 4.90 Å². The summed E-state index contributed by atoms with van der Waals surface area (Å²) in [6, 6.07) is 3.78. The van der Waals surface area contributed by atoms with Crippen LogP contribution in [0.25, 0.3) is 0 Å². The summed E-state index contributed by atoms with van der Waals surface area (Å²) >= 11 is 0. The smallest absolute Gasteiger partial charge is 0.312 e. The Bertz CT molecular complexity index is 815. The number of hydrogen-bond donors (Lipinski definition) is 2. The molecule has 8 nitrogen and oxygen atoms in total. The quantitative estimate of drug-likeness (QED) is 0.767. The fraction of sp³-hybridized carbons (Fsp3) is 0.556. The molecule has 1 heterocycles. The van der Waals surface area contributed by atoms with Crippen molar-refractivity contribution in [3.8, 4) is 0 Å². The third-order valence-corrected chi connectivity index (χ3v) is 6.79. The van der Waals surface area contributed by atoms with Crippen LogP contribution in [0, 0.1) is 19.8 Å². The number of piperazine rings is 1. The second-order valence-electron chi connectivity index (χ2n) is 7.23. The summed E-state index contributed by atoms with van der Waals surface area (Å²) in [6.07, 6.45) is 0. The number of primary amides is 1. The van der Waals surface area contributed by atoms with Gasteiger partial charge in [-0.05, 0) is 31.4 Å². The molecule has 0 radical (unpaired) electrons. The minimum Gasteiger partial charge on any atom is -0.352 e. The van der Waals surface area contributed by atoms with E-state index in [0.29, 0.717) is 10.5 Å². The molecule has 3 N–H and O–H groups in total. The fourth-order valence-electron chi connectivity index (χ4n) is 3.24. The molecule has 1 saturated heterocycles. The van der Waals surface area contributed by atoms with Crippen molar-refractivity contribution in [2.45, 2.75) is 38.6 Å². The summed E-state index contributed by atoms with van der Waals surface area (Å²) in [5.41, 5.74) is 6.87. The molecule has 0 saturated carbocycles. The molecule has 0 spiro atoms. The van der Waals surface area contributed by atoms with Crippen molar-refractivity contribution >= 4 is 22.0 Å². The lowest BCUT2D eigenvalue weighted by Gasteiger charge is -2.36. The SMILES string of the molecule is Cc1ccc(S(=O)(=O)N2CCN(C(=O)C(NC(N)=O)C(C)C)CC2)c(C)c1. The van der Waals surface area contributed by atoms with Crippen LogP contribution in [0.2, 0.25) is 0 Å². The van der Waals surface area contributed by atoms with Gasteiger partial charge < -0.3 is 16.0 Å². The van der Waals surface area contributed by atoms with E-state index in [1.54, 1.807) is 24.0 Å². The van der Waals surface area contributed by atoms with Crippen LogP contribution >= 0.6 is 0 Å². The highest BCUT2D eigenvalue weighted by Gasteiger charge is 2.34. The van der Waals surface area contributed by atoms with Gasteiger partial charge in [0.1, 0.15) is 6.04 Å². The average molecular weight is 397 g/mol. The number of nitrogens with two attached hydrogens (primary N) is 1. The highest BCUT2D eigenvalue weighted by atomic mass is 32.2. The monoisotopic (exact) mass is 396 g/mol. The Morgan fingerprint density at radius 2 is 1.70 bits per heavy atom. The molecule has 1 fully saturated rings. The van der Waals surface area contributed by atoms with Crippen LogP contribution in [-0.2, 0) is 14.8 Å². The zero-order valence-corrected chi connectivity index (χ0v) is 17.0. The predicted octanol–water partition coefficient (Wildman–Crippen LogP) is 0.829. The number of nitrogens with one attached hydrogen (secondary N) is 1. The average Bonchev–Trinajstić information content (AvgIpc) is 2.58. The number of hydrogen-bond acceptors (Lipinski definition) is 4. The molecule has 1 atom stereocenters. The minimum absolute atomic E-state index is 0.123. The second kappa shape index (κ2) is 8.26. The molecule has 1 unspecified atom stereocenters. The third-order valence-electron chi connectivity index (χ3n) is 4.73. The number of amides is 3. The molecule has 27 heavy (non-hydrogen) atoms. The Labute approximate surface area is 160 Å². The van der Waals surface area contributed by atoms with E-state index in [1.807, 2.05) is 26.8 Å². The predicted molar refractivity (Wildman–Crippen MR) is 103 cm³/mol. The maximum Gasteiger partial charge on any atom is 0.312 e. The van der Waals surface area contributed by atoms with Crippen molar-refractivity contribution in [1.82, 2.24) is 14.5 Å². The number of urea groups is 1. The van der Waals surface area contributed by atoms with E-state index in [1.165, 1.54) is 4.31 Å². The van der Waals surface area contributed by atoms with Crippen LogP contribution in [0.4, 0.5) is 4.79 Å². The molecule has 2 rings (SSSR count). The number of aryl methyl sites for hydroxylation is 2. The van der Waals surface area contributed by atoms with Gasteiger partial charge in [-0.25, -0.2) is 13.2 Å². The summed E-state index contributed by atoms with van der Waals surface area (Å²) < 4.78 is 27.3. The molecule has 0 aromatic heterocycles. The summed E-state index contributed by atoms with van der Waals surface area (Å²) in [4.78, 5) is 25.7. The second-order valence-corrected chi connectivity index (χ2v) is 9.13. The van der Waals surface area contributed by atoms with Gasteiger partial charge in [0.25, 0.3) is 0 Å². The Balaban J connectivity index is 2.09. The van der Waals surface area contributed by atoms with E-state index < -0.39 is 22.1 Å². The van der Waals surface area contributed by atoms with Gasteiger partial charge in [-0.2, -0.15) is 4.31 Å². The van der Waals surface area contributed by atoms with E-state index in [9.17, 15) is 18.0 Å². The number of carbonyl (C=O) groups excluding carboxylic acids is 2. The van der Waals surface area contributed by atoms with Crippen molar-refractivity contribution in [2.24, 2.45) is 11.7 Å². The Morgan fingerprint density at radius 3 is 2.19 bits per heavy atom. The topological polar surface area (TPSA) is 113 Å². The molecule has 1 aliphatic heterocycles. The van der Waals surface area contributed by atoms with Crippen LogP contribution in [0.3, 0.4) is 0 Å². The lowest BCUT2D eigenvalue weighted by molar-refractivity contribution is -0.135. The minimum atomic E-state index is -3.61. The van der Waals surface area contributed by atoms with E-state index in [-0.39, 0.29) is 38.0 Å². The molecule has 9 heteroatoms. The van der Waals surface area contributed by atoms with Gasteiger partial charge in [-0.1, -0.05) is 31.5 Å². The highest BCUT2D eigenvalue weighted by molar-refractivity contribution is 7.89. The van der Waals surface area contributed by atoms with Crippen LogP contribution in [0.1, 0.15) is 25.0 Å². The third kappa shape index (κ3) is 4.78. The van der Waals surface area contributed by atoms with Gasteiger partial charge in [0.15, 0.2) is 0 Å². The number of rotatable bonds is 5. The van der Waals surface area contributed by atoms with Gasteiger partial charge in [-0.3, -0.25) is 4.79 Å². The van der Waals surface area contributed by atoms with E-state index in [2.05, 4.69) is 5.32 Å². The first-order chi connectivity index (χ1) is 12.5. The maximum absolute atomic E-state index is 12.9. The first-order valence-electron chi connectivity index (χ1n) is 8.96. The van der Waals surface area contributed by atoms with E-state index in [0.717, 1.165) is 5.56 Å². The molecule has 3 amide bonds. The number of nitrogens with zero attached hydrogens (tertiary/aromatic N) is 2. The van der Waals surface area contributed by atoms with Crippen molar-refractivity contribution in [3.63, 3.8) is 0 Å². The Kier molecular flexibility index (Phi) is 6.48. The fourth-order valence-corrected chi connectivity index (χ4v) is 4.87. The number of sulfonamides is 1. The zero-order chi connectivity index (χ0) is 20.4. The molecule has 1 aliphatic rings. The Morgan fingerprint density at radius 1 is 1.11 bits per heavy atom. The van der Waals surface area contributed by atoms with Crippen molar-refractivity contribution in [1.29, 1.82) is 0 Å². The first kappa shape index (κ1) is 21.2. The largest absolute Gasteiger partial charge is 0.352 e. The van der Waals surface area contributed by atoms with Crippen LogP contribution in [-0.4, -0.2) is 61.8 Å². The van der Waals surface area contributed by atoms with E-state index in [4.69, 9.17) is 5.73 Å². The maximum atomic E-state index is 12.9. The molecule has 1 aromatic carbocycles. The molecule has 1 aromatic rings. The summed E-state index contributed by atoms with van der Waals surface area (Å²) in [7, 11) is -3.61. The first-order valence-corrected chi connectivity index (χ1v) is 10.4. The number of carbonyl (C=O) groups is 2. The zero-order valence-electron chi connectivity index (χ0n) is 16.2. The van der Waals surface area contributed by atoms with Crippen LogP contribution in [0.15, 0.2) is 23.1 Å². The van der Waals surface area contributed by atoms with Gasteiger partial charge >= 0.3 is 6.03 Å². The van der Waals surface area contributed by atoms with Gasteiger partial charge in [0, 0.05) is 26.2 Å². The molecular formula is C18H28N4O4S. The summed E-state index contributed by atoms with van der Waals surface area (Å²) in [5.74, 6) is -0.366. The lowest BCUT2D eigenvalue weighted by atomic mass is 10.0.